The van der Waals surface area contributed by atoms with Crippen LogP contribution in [0, 0.1) is 0 Å². The first-order valence-corrected chi connectivity index (χ1v) is 8.94. The van der Waals surface area contributed by atoms with Gasteiger partial charge in [0.25, 0.3) is 5.56 Å². The zero-order chi connectivity index (χ0) is 18.1. The molecule has 2 aromatic heterocycles. The van der Waals surface area contributed by atoms with Crippen LogP contribution in [0.1, 0.15) is 26.3 Å². The zero-order valence-corrected chi connectivity index (χ0v) is 15.0. The molecule has 0 saturated carbocycles. The van der Waals surface area contributed by atoms with E-state index in [9.17, 15) is 4.79 Å². The maximum absolute atomic E-state index is 12.5. The van der Waals surface area contributed by atoms with E-state index < -0.39 is 0 Å². The van der Waals surface area contributed by atoms with Crippen LogP contribution in [0.15, 0.2) is 77.9 Å². The molecule has 2 heterocycles. The molecule has 0 aliphatic rings. The van der Waals surface area contributed by atoms with E-state index in [1.807, 2.05) is 42.5 Å². The highest BCUT2D eigenvalue weighted by molar-refractivity contribution is 5.86. The van der Waals surface area contributed by atoms with E-state index in [-0.39, 0.29) is 11.6 Å². The summed E-state index contributed by atoms with van der Waals surface area (Å²) in [7, 11) is 0. The predicted molar refractivity (Wildman–Crippen MR) is 106 cm³/mol. The van der Waals surface area contributed by atoms with Gasteiger partial charge >= 0.3 is 0 Å². The van der Waals surface area contributed by atoms with E-state index >= 15 is 0 Å². The number of nitrogens with zero attached hydrogens (tertiary/aromatic N) is 3. The van der Waals surface area contributed by atoms with Crippen molar-refractivity contribution in [3.8, 4) is 16.9 Å². The van der Waals surface area contributed by atoms with E-state index in [1.54, 1.807) is 6.33 Å². The van der Waals surface area contributed by atoms with E-state index in [0.717, 1.165) is 29.0 Å². The Balaban J connectivity index is 2.16. The Kier molecular flexibility index (Phi) is 4.17. The first kappa shape index (κ1) is 16.3. The lowest BCUT2D eigenvalue weighted by Crippen LogP contribution is -2.16. The van der Waals surface area contributed by atoms with Gasteiger partial charge in [0, 0.05) is 11.7 Å². The van der Waals surface area contributed by atoms with Crippen molar-refractivity contribution in [1.29, 1.82) is 0 Å². The third-order valence-electron chi connectivity index (χ3n) is 4.90. The number of fused-ring (bicyclic) bond motifs is 1. The van der Waals surface area contributed by atoms with Gasteiger partial charge in [-0.3, -0.25) is 9.36 Å². The molecule has 0 saturated heterocycles. The molecule has 4 nitrogen and oxygen atoms in total. The van der Waals surface area contributed by atoms with Crippen molar-refractivity contribution in [3.05, 3.63) is 83.4 Å². The van der Waals surface area contributed by atoms with Crippen LogP contribution in [0.5, 0.6) is 0 Å². The van der Waals surface area contributed by atoms with Crippen molar-refractivity contribution in [2.45, 2.75) is 26.3 Å². The summed E-state index contributed by atoms with van der Waals surface area (Å²) in [6.07, 6.45) is 2.63. The molecule has 0 aliphatic heterocycles. The molecule has 0 radical (unpaired) electrons. The van der Waals surface area contributed by atoms with Crippen LogP contribution in [-0.2, 0) is 0 Å². The van der Waals surface area contributed by atoms with Gasteiger partial charge in [0.15, 0.2) is 0 Å². The standard InChI is InChI=1S/C22H21N3O/c1-3-16(2)24-15-23-21(26)19-14-20(17-10-6-4-7-11-17)25(22(19)24)18-12-8-5-9-13-18/h4-16H,3H2,1-2H3. The molecule has 0 amide bonds. The Morgan fingerprint density at radius 2 is 1.65 bits per heavy atom. The Morgan fingerprint density at radius 1 is 1.00 bits per heavy atom. The van der Waals surface area contributed by atoms with Crippen molar-refractivity contribution < 1.29 is 0 Å². The monoisotopic (exact) mass is 343 g/mol. The summed E-state index contributed by atoms with van der Waals surface area (Å²) in [5.74, 6) is 0. The summed E-state index contributed by atoms with van der Waals surface area (Å²) in [6.45, 7) is 4.29. The van der Waals surface area contributed by atoms with Crippen LogP contribution in [0.2, 0.25) is 0 Å². The first-order valence-electron chi connectivity index (χ1n) is 8.94. The molecule has 4 aromatic rings. The molecule has 130 valence electrons. The van der Waals surface area contributed by atoms with Gasteiger partial charge in [-0.15, -0.1) is 0 Å². The van der Waals surface area contributed by atoms with Gasteiger partial charge in [-0.1, -0.05) is 55.5 Å². The number of benzene rings is 2. The van der Waals surface area contributed by atoms with Crippen molar-refractivity contribution in [2.24, 2.45) is 0 Å². The molecule has 0 N–H and O–H groups in total. The maximum atomic E-state index is 12.5. The maximum Gasteiger partial charge on any atom is 0.282 e. The molecule has 2 aromatic carbocycles. The summed E-state index contributed by atoms with van der Waals surface area (Å²) in [6, 6.07) is 22.5. The summed E-state index contributed by atoms with van der Waals surface area (Å²) < 4.78 is 4.27. The van der Waals surface area contributed by atoms with Gasteiger partial charge in [0.1, 0.15) is 12.0 Å². The second kappa shape index (κ2) is 6.64. The number of rotatable bonds is 4. The average Bonchev–Trinajstić information content (AvgIpc) is 3.10. The van der Waals surface area contributed by atoms with Crippen LogP contribution >= 0.6 is 0 Å². The van der Waals surface area contributed by atoms with Crippen LogP contribution in [0.3, 0.4) is 0 Å². The zero-order valence-electron chi connectivity index (χ0n) is 15.0. The minimum Gasteiger partial charge on any atom is -0.315 e. The van der Waals surface area contributed by atoms with Gasteiger partial charge in [0.05, 0.1) is 11.1 Å². The fourth-order valence-electron chi connectivity index (χ4n) is 3.33. The quantitative estimate of drug-likeness (QED) is 0.533. The molecule has 0 spiro atoms. The fourth-order valence-corrected chi connectivity index (χ4v) is 3.33. The lowest BCUT2D eigenvalue weighted by molar-refractivity contribution is 0.531. The third-order valence-corrected chi connectivity index (χ3v) is 4.90. The highest BCUT2D eigenvalue weighted by atomic mass is 16.1. The van der Waals surface area contributed by atoms with Crippen molar-refractivity contribution in [1.82, 2.24) is 14.1 Å². The molecule has 4 rings (SSSR count). The molecular weight excluding hydrogens is 322 g/mol. The summed E-state index contributed by atoms with van der Waals surface area (Å²) in [5.41, 5.74) is 3.80. The second-order valence-electron chi connectivity index (χ2n) is 6.52. The number of hydrogen-bond acceptors (Lipinski definition) is 2. The fraction of sp³-hybridized carbons (Fsp3) is 0.182. The molecule has 0 bridgehead atoms. The smallest absolute Gasteiger partial charge is 0.282 e. The van der Waals surface area contributed by atoms with Crippen LogP contribution in [-0.4, -0.2) is 14.1 Å². The largest absolute Gasteiger partial charge is 0.315 e. The third kappa shape index (κ3) is 2.64. The van der Waals surface area contributed by atoms with E-state index in [2.05, 4.69) is 52.2 Å². The topological polar surface area (TPSA) is 39.8 Å². The Bertz CT molecular complexity index is 1090. The number of aromatic nitrogens is 3. The van der Waals surface area contributed by atoms with Crippen LogP contribution < -0.4 is 5.56 Å². The molecule has 0 fully saturated rings. The Hall–Kier alpha value is -3.14. The van der Waals surface area contributed by atoms with Crippen molar-refractivity contribution in [2.75, 3.05) is 0 Å². The Morgan fingerprint density at radius 3 is 2.31 bits per heavy atom. The first-order chi connectivity index (χ1) is 12.7. The highest BCUT2D eigenvalue weighted by Crippen LogP contribution is 2.31. The molecule has 4 heteroatoms. The average molecular weight is 343 g/mol. The SMILES string of the molecule is CCC(C)n1cnc(=O)c2cc(-c3ccccc3)n(-c3ccccc3)c21. The molecule has 26 heavy (non-hydrogen) atoms. The predicted octanol–water partition coefficient (Wildman–Crippen LogP) is 4.83. The summed E-state index contributed by atoms with van der Waals surface area (Å²) in [5, 5.41) is 0.649. The normalized spacial score (nSPS) is 12.4. The lowest BCUT2D eigenvalue weighted by atomic mass is 10.1. The summed E-state index contributed by atoms with van der Waals surface area (Å²) >= 11 is 0. The van der Waals surface area contributed by atoms with Crippen molar-refractivity contribution in [3.63, 3.8) is 0 Å². The highest BCUT2D eigenvalue weighted by Gasteiger charge is 2.19. The molecule has 1 unspecified atom stereocenters. The molecular formula is C22H21N3O. The van der Waals surface area contributed by atoms with Crippen molar-refractivity contribution >= 4 is 11.0 Å². The van der Waals surface area contributed by atoms with E-state index in [4.69, 9.17) is 0 Å². The molecule has 0 aliphatic carbocycles. The Labute approximate surface area is 152 Å². The summed E-state index contributed by atoms with van der Waals surface area (Å²) in [4.78, 5) is 16.6. The lowest BCUT2D eigenvalue weighted by Gasteiger charge is -2.18. The number of para-hydroxylation sites is 1. The van der Waals surface area contributed by atoms with Gasteiger partial charge < -0.3 is 4.57 Å². The van der Waals surface area contributed by atoms with Gasteiger partial charge in [-0.2, -0.15) is 4.98 Å². The van der Waals surface area contributed by atoms with Gasteiger partial charge in [0.2, 0.25) is 0 Å². The van der Waals surface area contributed by atoms with E-state index in [0.29, 0.717) is 5.39 Å². The second-order valence-corrected chi connectivity index (χ2v) is 6.52. The minimum atomic E-state index is -0.189. The van der Waals surface area contributed by atoms with Crippen LogP contribution in [0.25, 0.3) is 28.0 Å². The minimum absolute atomic E-state index is 0.189. The number of hydrogen-bond donors (Lipinski definition) is 0. The van der Waals surface area contributed by atoms with Gasteiger partial charge in [-0.05, 0) is 37.1 Å². The van der Waals surface area contributed by atoms with Gasteiger partial charge in [-0.25, -0.2) is 0 Å². The van der Waals surface area contributed by atoms with Crippen LogP contribution in [0.4, 0.5) is 0 Å². The molecule has 1 atom stereocenters. The van der Waals surface area contributed by atoms with E-state index in [1.165, 1.54) is 0 Å².